The second kappa shape index (κ2) is 9.38. The van der Waals surface area contributed by atoms with Crippen molar-refractivity contribution in [2.45, 2.75) is 26.0 Å². The van der Waals surface area contributed by atoms with E-state index in [9.17, 15) is 4.79 Å². The Morgan fingerprint density at radius 3 is 2.80 bits per heavy atom. The van der Waals surface area contributed by atoms with Gasteiger partial charge in [-0.15, -0.1) is 0 Å². The number of hydrogen-bond donors (Lipinski definition) is 0. The number of rotatable bonds is 5. The predicted molar refractivity (Wildman–Crippen MR) is 132 cm³/mol. The first kappa shape index (κ1) is 22.2. The molecule has 6 nitrogen and oxygen atoms in total. The Hall–Kier alpha value is -3.32. The number of carbonyl (C=O) groups is 1. The zero-order valence-corrected chi connectivity index (χ0v) is 19.8. The lowest BCUT2D eigenvalue weighted by molar-refractivity contribution is -0.0165. The first-order chi connectivity index (χ1) is 17.2. The van der Waals surface area contributed by atoms with Crippen LogP contribution in [0.3, 0.4) is 0 Å². The summed E-state index contributed by atoms with van der Waals surface area (Å²) in [4.78, 5) is 15.4. The van der Waals surface area contributed by atoms with Crippen LogP contribution in [-0.4, -0.2) is 30.8 Å². The Morgan fingerprint density at radius 2 is 1.91 bits per heavy atom. The highest BCUT2D eigenvalue weighted by atomic mass is 35.5. The van der Waals surface area contributed by atoms with Crippen molar-refractivity contribution in [2.24, 2.45) is 0 Å². The van der Waals surface area contributed by atoms with E-state index in [2.05, 4.69) is 29.2 Å². The van der Waals surface area contributed by atoms with Crippen molar-refractivity contribution in [3.8, 4) is 17.2 Å². The van der Waals surface area contributed by atoms with Crippen LogP contribution in [0.15, 0.2) is 60.4 Å². The molecule has 0 atom stereocenters. The van der Waals surface area contributed by atoms with Crippen LogP contribution in [0.5, 0.6) is 17.2 Å². The van der Waals surface area contributed by atoms with Crippen molar-refractivity contribution in [1.29, 1.82) is 0 Å². The van der Waals surface area contributed by atoms with Crippen LogP contribution < -0.4 is 14.2 Å². The summed E-state index contributed by atoms with van der Waals surface area (Å²) in [5, 5.41) is 0.546. The summed E-state index contributed by atoms with van der Waals surface area (Å²) >= 11 is 6.30. The second-order valence-electron chi connectivity index (χ2n) is 8.87. The minimum atomic E-state index is -0.162. The van der Waals surface area contributed by atoms with Gasteiger partial charge in [-0.3, -0.25) is 9.69 Å². The molecule has 0 spiro atoms. The van der Waals surface area contributed by atoms with Crippen LogP contribution in [-0.2, 0) is 24.3 Å². The molecule has 0 unspecified atom stereocenters. The Balaban J connectivity index is 1.22. The number of allylic oxidation sites excluding steroid dienone is 1. The minimum absolute atomic E-state index is 0.158. The molecule has 3 aliphatic rings. The Bertz CT molecular complexity index is 1320. The number of Topliss-reactive ketones (excluding diaryl/α,β-unsaturated/α-hetero) is 1. The van der Waals surface area contributed by atoms with Crippen molar-refractivity contribution < 1.29 is 23.7 Å². The van der Waals surface area contributed by atoms with Gasteiger partial charge in [0.2, 0.25) is 5.78 Å². The molecule has 0 bridgehead atoms. The highest BCUT2D eigenvalue weighted by Gasteiger charge is 2.34. The van der Waals surface area contributed by atoms with Gasteiger partial charge in [0.1, 0.15) is 24.0 Å². The lowest BCUT2D eigenvalue weighted by Gasteiger charge is -2.29. The number of halogens is 1. The van der Waals surface area contributed by atoms with Crippen molar-refractivity contribution in [1.82, 2.24) is 4.90 Å². The molecule has 0 fully saturated rings. The molecular weight excluding hydrogens is 466 g/mol. The zero-order valence-electron chi connectivity index (χ0n) is 19.1. The number of ketones is 1. The normalized spacial score (nSPS) is 17.7. The third-order valence-electron chi connectivity index (χ3n) is 6.46. The standard InChI is InChI=1S/C28H24ClNO5/c29-21-11-19(27-20(12-21)15-32-17-34-27)13-25-26(31)22-8-9-24-23(28(22)35-25)14-30(16-33-24)10-4-7-18-5-2-1-3-6-18/h1-3,5-6,8-9,11-13H,4,7,10,14-17H2/b25-13-. The molecule has 3 aliphatic heterocycles. The second-order valence-corrected chi connectivity index (χ2v) is 9.30. The van der Waals surface area contributed by atoms with Crippen molar-refractivity contribution in [3.63, 3.8) is 0 Å². The van der Waals surface area contributed by atoms with Gasteiger partial charge >= 0.3 is 0 Å². The molecule has 3 aromatic rings. The van der Waals surface area contributed by atoms with Crippen LogP contribution in [0.25, 0.3) is 6.08 Å². The maximum absolute atomic E-state index is 13.2. The number of aryl methyl sites for hydroxylation is 1. The number of nitrogens with zero attached hydrogens (tertiary/aromatic N) is 1. The average molecular weight is 490 g/mol. The summed E-state index contributed by atoms with van der Waals surface area (Å²) < 4.78 is 23.2. The summed E-state index contributed by atoms with van der Waals surface area (Å²) in [6, 6.07) is 17.7. The number of ether oxygens (including phenoxy) is 4. The van der Waals surface area contributed by atoms with E-state index in [1.54, 1.807) is 18.2 Å². The van der Waals surface area contributed by atoms with Crippen LogP contribution >= 0.6 is 11.6 Å². The molecule has 0 saturated heterocycles. The topological polar surface area (TPSA) is 57.2 Å². The van der Waals surface area contributed by atoms with Crippen molar-refractivity contribution in [3.05, 3.63) is 93.2 Å². The van der Waals surface area contributed by atoms with Crippen LogP contribution in [0.4, 0.5) is 0 Å². The van der Waals surface area contributed by atoms with Gasteiger partial charge in [-0.2, -0.15) is 0 Å². The third-order valence-corrected chi connectivity index (χ3v) is 6.67. The van der Waals surface area contributed by atoms with Crippen LogP contribution in [0, 0.1) is 0 Å². The molecule has 7 heteroatoms. The minimum Gasteiger partial charge on any atom is -0.478 e. The Kier molecular flexibility index (Phi) is 5.94. The quantitative estimate of drug-likeness (QED) is 0.434. The summed E-state index contributed by atoms with van der Waals surface area (Å²) in [7, 11) is 0. The van der Waals surface area contributed by atoms with Gasteiger partial charge in [-0.25, -0.2) is 0 Å². The monoisotopic (exact) mass is 489 g/mol. The molecule has 6 rings (SSSR count). The van der Waals surface area contributed by atoms with Gasteiger partial charge in [0.15, 0.2) is 12.6 Å². The number of benzene rings is 3. The highest BCUT2D eigenvalue weighted by Crippen LogP contribution is 2.43. The SMILES string of the molecule is O=C1/C(=C/c2cc(Cl)cc3c2OCOC3)Oc2c1ccc1c2CN(CCCc2ccccc2)CO1. The summed E-state index contributed by atoms with van der Waals surface area (Å²) in [6.45, 7) is 2.64. The fourth-order valence-corrected chi connectivity index (χ4v) is 5.01. The van der Waals surface area contributed by atoms with E-state index in [4.69, 9.17) is 30.5 Å². The van der Waals surface area contributed by atoms with E-state index in [1.807, 2.05) is 18.2 Å². The average Bonchev–Trinajstić information content (AvgIpc) is 3.20. The summed E-state index contributed by atoms with van der Waals surface area (Å²) in [6.07, 6.45) is 3.73. The molecule has 0 aromatic heterocycles. The first-order valence-corrected chi connectivity index (χ1v) is 12.1. The maximum Gasteiger partial charge on any atom is 0.231 e. The fourth-order valence-electron chi connectivity index (χ4n) is 4.76. The molecule has 0 N–H and O–H groups in total. The number of hydrogen-bond acceptors (Lipinski definition) is 6. The first-order valence-electron chi connectivity index (χ1n) is 11.7. The summed E-state index contributed by atoms with van der Waals surface area (Å²) in [5.41, 5.74) is 4.32. The smallest absolute Gasteiger partial charge is 0.231 e. The maximum atomic E-state index is 13.2. The highest BCUT2D eigenvalue weighted by molar-refractivity contribution is 6.31. The van der Waals surface area contributed by atoms with E-state index in [-0.39, 0.29) is 18.3 Å². The molecule has 0 saturated carbocycles. The lowest BCUT2D eigenvalue weighted by Crippen LogP contribution is -2.33. The van der Waals surface area contributed by atoms with Gasteiger partial charge in [-0.05, 0) is 48.7 Å². The molecule has 3 heterocycles. The van der Waals surface area contributed by atoms with E-state index in [0.717, 1.165) is 36.3 Å². The molecule has 178 valence electrons. The van der Waals surface area contributed by atoms with E-state index >= 15 is 0 Å². The Labute approximate surface area is 208 Å². The van der Waals surface area contributed by atoms with E-state index in [1.165, 1.54) is 5.56 Å². The molecule has 0 amide bonds. The van der Waals surface area contributed by atoms with Crippen LogP contribution in [0.2, 0.25) is 5.02 Å². The van der Waals surface area contributed by atoms with Gasteiger partial charge in [-0.1, -0.05) is 41.9 Å². The van der Waals surface area contributed by atoms with Gasteiger partial charge in [0, 0.05) is 29.2 Å². The zero-order chi connectivity index (χ0) is 23.8. The van der Waals surface area contributed by atoms with Crippen molar-refractivity contribution in [2.75, 3.05) is 20.1 Å². The molecule has 0 aliphatic carbocycles. The third kappa shape index (κ3) is 4.41. The summed E-state index contributed by atoms with van der Waals surface area (Å²) in [5.74, 6) is 2.08. The van der Waals surface area contributed by atoms with Gasteiger partial charge in [0.05, 0.1) is 17.7 Å². The van der Waals surface area contributed by atoms with E-state index < -0.39 is 0 Å². The number of carbonyl (C=O) groups excluding carboxylic acids is 1. The van der Waals surface area contributed by atoms with E-state index in [0.29, 0.717) is 47.5 Å². The predicted octanol–water partition coefficient (Wildman–Crippen LogP) is 5.61. The van der Waals surface area contributed by atoms with Crippen LogP contribution in [0.1, 0.15) is 39.0 Å². The lowest BCUT2D eigenvalue weighted by atomic mass is 10.0. The van der Waals surface area contributed by atoms with Crippen molar-refractivity contribution >= 4 is 23.5 Å². The van der Waals surface area contributed by atoms with Gasteiger partial charge in [0.25, 0.3) is 0 Å². The van der Waals surface area contributed by atoms with Gasteiger partial charge < -0.3 is 18.9 Å². The largest absolute Gasteiger partial charge is 0.478 e. The molecule has 35 heavy (non-hydrogen) atoms. The number of fused-ring (bicyclic) bond motifs is 4. The molecular formula is C28H24ClNO5. The molecule has 3 aromatic carbocycles. The fraction of sp³-hybridized carbons (Fsp3) is 0.250. The molecule has 0 radical (unpaired) electrons. The Morgan fingerprint density at radius 1 is 1.03 bits per heavy atom.